The van der Waals surface area contributed by atoms with Crippen molar-refractivity contribution in [2.45, 2.75) is 12.4 Å². The summed E-state index contributed by atoms with van der Waals surface area (Å²) >= 11 is 0. The number of hydrogen-bond donors (Lipinski definition) is 1. The molecule has 0 fully saturated rings. The molecular weight excluding hydrogens is 326 g/mol. The highest BCUT2D eigenvalue weighted by atomic mass is 19.4. The van der Waals surface area contributed by atoms with E-state index < -0.39 is 24.7 Å². The van der Waals surface area contributed by atoms with Gasteiger partial charge in [0.05, 0.1) is 5.69 Å². The van der Waals surface area contributed by atoms with E-state index in [2.05, 4.69) is 9.72 Å². The normalized spacial score (nSPS) is 12.3. The quantitative estimate of drug-likeness (QED) is 0.672. The Morgan fingerprint density at radius 3 is 2.13 bits per heavy atom. The molecule has 0 amide bonds. The van der Waals surface area contributed by atoms with E-state index in [1.54, 1.807) is 0 Å². The van der Waals surface area contributed by atoms with Crippen LogP contribution in [0.2, 0.25) is 0 Å². The van der Waals surface area contributed by atoms with Crippen molar-refractivity contribution in [3.05, 3.63) is 42.2 Å². The maximum atomic E-state index is 12.4. The lowest BCUT2D eigenvalue weighted by Crippen LogP contribution is -2.19. The number of ether oxygens (including phenoxy) is 1. The van der Waals surface area contributed by atoms with Gasteiger partial charge in [-0.3, -0.25) is 4.98 Å². The fourth-order valence-corrected chi connectivity index (χ4v) is 1.73. The number of nitrogens with zero attached hydrogens (tertiary/aromatic N) is 1. The van der Waals surface area contributed by atoms with E-state index in [9.17, 15) is 26.3 Å². The minimum Gasteiger partial charge on any atom is -0.482 e. The van der Waals surface area contributed by atoms with Crippen molar-refractivity contribution in [1.82, 2.24) is 4.98 Å². The Bertz CT molecular complexity index is 679. The molecule has 9 heteroatoms. The van der Waals surface area contributed by atoms with Gasteiger partial charge in [0.2, 0.25) is 0 Å². The molecule has 0 aliphatic carbocycles. The predicted molar refractivity (Wildman–Crippen MR) is 70.6 cm³/mol. The topological polar surface area (TPSA) is 48.1 Å². The smallest absolute Gasteiger partial charge is 0.433 e. The molecule has 0 spiro atoms. The van der Waals surface area contributed by atoms with E-state index in [1.165, 1.54) is 18.2 Å². The van der Waals surface area contributed by atoms with Crippen molar-refractivity contribution in [2.24, 2.45) is 0 Å². The zero-order valence-electron chi connectivity index (χ0n) is 11.4. The molecule has 23 heavy (non-hydrogen) atoms. The molecule has 0 aliphatic heterocycles. The Hall–Kier alpha value is -2.45. The molecule has 0 unspecified atom stereocenters. The number of aromatic nitrogens is 1. The molecule has 2 aromatic rings. The summed E-state index contributed by atoms with van der Waals surface area (Å²) in [4.78, 5) is 3.29. The maximum absolute atomic E-state index is 12.4. The first-order valence-electron chi connectivity index (χ1n) is 6.19. The molecule has 0 aliphatic rings. The third-order valence-electron chi connectivity index (χ3n) is 2.79. The van der Waals surface area contributed by atoms with Crippen molar-refractivity contribution in [2.75, 3.05) is 12.3 Å². The molecule has 124 valence electrons. The van der Waals surface area contributed by atoms with E-state index in [1.807, 2.05) is 0 Å². The minimum absolute atomic E-state index is 0.0159. The Morgan fingerprint density at radius 1 is 0.957 bits per heavy atom. The van der Waals surface area contributed by atoms with Crippen LogP contribution in [-0.4, -0.2) is 17.8 Å². The number of rotatable bonds is 3. The summed E-state index contributed by atoms with van der Waals surface area (Å²) in [5.41, 5.74) is 5.06. The number of nitrogens with two attached hydrogens (primary N) is 1. The van der Waals surface area contributed by atoms with Gasteiger partial charge in [0.15, 0.2) is 6.61 Å². The summed E-state index contributed by atoms with van der Waals surface area (Å²) in [5.74, 6) is -0.209. The molecule has 0 saturated carbocycles. The van der Waals surface area contributed by atoms with Gasteiger partial charge in [-0.05, 0) is 23.8 Å². The zero-order chi connectivity index (χ0) is 17.3. The standard InChI is InChI=1S/C14H10F6N2O/c15-13(16,17)7-23-11-5-8(1-3-10(11)21)9-2-4-12(22-6-9)14(18,19)20/h1-6H,7,21H2. The van der Waals surface area contributed by atoms with Gasteiger partial charge in [-0.2, -0.15) is 26.3 Å². The molecule has 3 nitrogen and oxygen atoms in total. The van der Waals surface area contributed by atoms with Crippen molar-refractivity contribution in [3.8, 4) is 16.9 Å². The van der Waals surface area contributed by atoms with Crippen molar-refractivity contribution in [3.63, 3.8) is 0 Å². The molecule has 1 heterocycles. The highest BCUT2D eigenvalue weighted by Crippen LogP contribution is 2.32. The van der Waals surface area contributed by atoms with Gasteiger partial charge in [-0.15, -0.1) is 0 Å². The highest BCUT2D eigenvalue weighted by Gasteiger charge is 2.32. The van der Waals surface area contributed by atoms with Crippen molar-refractivity contribution in [1.29, 1.82) is 0 Å². The van der Waals surface area contributed by atoms with Crippen LogP contribution in [0.15, 0.2) is 36.5 Å². The van der Waals surface area contributed by atoms with Crippen LogP contribution in [0.5, 0.6) is 5.75 Å². The van der Waals surface area contributed by atoms with E-state index in [0.29, 0.717) is 5.56 Å². The lowest BCUT2D eigenvalue weighted by atomic mass is 10.1. The number of pyridine rings is 1. The van der Waals surface area contributed by atoms with Crippen LogP contribution in [0.1, 0.15) is 5.69 Å². The van der Waals surface area contributed by atoms with E-state index >= 15 is 0 Å². The number of anilines is 1. The van der Waals surface area contributed by atoms with Crippen LogP contribution < -0.4 is 10.5 Å². The first-order valence-corrected chi connectivity index (χ1v) is 6.19. The number of nitrogen functional groups attached to an aromatic ring is 1. The maximum Gasteiger partial charge on any atom is 0.433 e. The summed E-state index contributed by atoms with van der Waals surface area (Å²) in [6.07, 6.45) is -8.12. The van der Waals surface area contributed by atoms with Crippen LogP contribution in [0.4, 0.5) is 32.0 Å². The number of halogens is 6. The number of hydrogen-bond acceptors (Lipinski definition) is 3. The second-order valence-corrected chi connectivity index (χ2v) is 4.59. The SMILES string of the molecule is Nc1ccc(-c2ccc(C(F)(F)F)nc2)cc1OCC(F)(F)F. The molecule has 2 rings (SSSR count). The molecule has 2 N–H and O–H groups in total. The lowest BCUT2D eigenvalue weighted by Gasteiger charge is -2.13. The monoisotopic (exact) mass is 336 g/mol. The highest BCUT2D eigenvalue weighted by molar-refractivity contribution is 5.69. The summed E-state index contributed by atoms with van der Waals surface area (Å²) in [6, 6.07) is 5.90. The van der Waals surface area contributed by atoms with Crippen LogP contribution in [-0.2, 0) is 6.18 Å². The van der Waals surface area contributed by atoms with Gasteiger partial charge in [0.25, 0.3) is 0 Å². The molecule has 0 atom stereocenters. The van der Waals surface area contributed by atoms with Gasteiger partial charge in [0, 0.05) is 11.8 Å². The molecule has 0 saturated heterocycles. The third-order valence-corrected chi connectivity index (χ3v) is 2.79. The van der Waals surface area contributed by atoms with Gasteiger partial charge in [-0.1, -0.05) is 12.1 Å². The van der Waals surface area contributed by atoms with Crippen LogP contribution in [0, 0.1) is 0 Å². The summed E-state index contributed by atoms with van der Waals surface area (Å²) < 4.78 is 78.4. The van der Waals surface area contributed by atoms with Gasteiger partial charge in [0.1, 0.15) is 11.4 Å². The van der Waals surface area contributed by atoms with Crippen molar-refractivity contribution >= 4 is 5.69 Å². The molecular formula is C14H10F6N2O. The summed E-state index contributed by atoms with van der Waals surface area (Å²) in [5, 5.41) is 0. The zero-order valence-corrected chi connectivity index (χ0v) is 11.4. The molecule has 1 aromatic heterocycles. The van der Waals surface area contributed by atoms with Crippen molar-refractivity contribution < 1.29 is 31.1 Å². The van der Waals surface area contributed by atoms with E-state index in [0.717, 1.165) is 18.3 Å². The first-order chi connectivity index (χ1) is 10.6. The largest absolute Gasteiger partial charge is 0.482 e. The molecule has 0 bridgehead atoms. The average molecular weight is 336 g/mol. The fourth-order valence-electron chi connectivity index (χ4n) is 1.73. The Kier molecular flexibility index (Phi) is 4.39. The fraction of sp³-hybridized carbons (Fsp3) is 0.214. The minimum atomic E-state index is -4.57. The van der Waals surface area contributed by atoms with Gasteiger partial charge < -0.3 is 10.5 Å². The predicted octanol–water partition coefficient (Wildman–Crippen LogP) is 4.29. The van der Waals surface area contributed by atoms with E-state index in [-0.39, 0.29) is 17.0 Å². The average Bonchev–Trinajstić information content (AvgIpc) is 2.45. The van der Waals surface area contributed by atoms with Gasteiger partial charge in [-0.25, -0.2) is 0 Å². The summed E-state index contributed by atoms with van der Waals surface area (Å²) in [6.45, 7) is -1.52. The second-order valence-electron chi connectivity index (χ2n) is 4.59. The Labute approximate surface area is 126 Å². The Balaban J connectivity index is 2.26. The van der Waals surface area contributed by atoms with Crippen LogP contribution in [0.3, 0.4) is 0 Å². The Morgan fingerprint density at radius 2 is 1.61 bits per heavy atom. The number of benzene rings is 1. The number of alkyl halides is 6. The third kappa shape index (κ3) is 4.51. The van der Waals surface area contributed by atoms with Crippen LogP contribution in [0.25, 0.3) is 11.1 Å². The first kappa shape index (κ1) is 16.9. The summed E-state index contributed by atoms with van der Waals surface area (Å²) in [7, 11) is 0. The van der Waals surface area contributed by atoms with Crippen LogP contribution >= 0.6 is 0 Å². The molecule has 0 radical (unpaired) electrons. The van der Waals surface area contributed by atoms with Gasteiger partial charge >= 0.3 is 12.4 Å². The molecule has 1 aromatic carbocycles. The van der Waals surface area contributed by atoms with E-state index in [4.69, 9.17) is 5.73 Å². The lowest BCUT2D eigenvalue weighted by molar-refractivity contribution is -0.153. The second kappa shape index (κ2) is 5.98.